The monoisotopic (exact) mass is 306 g/mol. The Kier molecular flexibility index (Phi) is 4.03. The van der Waals surface area contributed by atoms with E-state index < -0.39 is 0 Å². The Morgan fingerprint density at radius 1 is 1.57 bits per heavy atom. The minimum atomic E-state index is -0.312. The number of hydrogen-bond donors (Lipinski definition) is 1. The first-order chi connectivity index (χ1) is 10.2. The lowest BCUT2D eigenvalue weighted by molar-refractivity contribution is -0.382. The first-order valence-corrected chi connectivity index (χ1v) is 7.97. The lowest BCUT2D eigenvalue weighted by atomic mass is 9.99. The molecule has 1 unspecified atom stereocenters. The second kappa shape index (κ2) is 5.95. The van der Waals surface area contributed by atoms with Crippen LogP contribution < -0.4 is 10.2 Å². The van der Waals surface area contributed by atoms with Crippen molar-refractivity contribution in [3.8, 4) is 0 Å². The zero-order valence-electron chi connectivity index (χ0n) is 11.9. The molecule has 1 aliphatic heterocycles. The van der Waals surface area contributed by atoms with Crippen molar-refractivity contribution < 1.29 is 4.92 Å². The molecule has 7 heteroatoms. The van der Waals surface area contributed by atoms with Gasteiger partial charge in [-0.25, -0.2) is 4.98 Å². The fraction of sp³-hybridized carbons (Fsp3) is 0.500. The van der Waals surface area contributed by atoms with E-state index in [1.807, 2.05) is 24.1 Å². The lowest BCUT2D eigenvalue weighted by Crippen LogP contribution is -2.37. The first kappa shape index (κ1) is 14.2. The third-order valence-electron chi connectivity index (χ3n) is 3.98. The van der Waals surface area contributed by atoms with E-state index in [0.29, 0.717) is 17.1 Å². The Hall–Kier alpha value is -1.73. The number of fused-ring (bicyclic) bond motifs is 1. The highest BCUT2D eigenvalue weighted by molar-refractivity contribution is 7.16. The molecule has 0 saturated carbocycles. The molecule has 1 aromatic carbocycles. The molecular weight excluding hydrogens is 288 g/mol. The highest BCUT2D eigenvalue weighted by Crippen LogP contribution is 2.36. The Morgan fingerprint density at radius 2 is 2.43 bits per heavy atom. The van der Waals surface area contributed by atoms with Gasteiger partial charge in [0.1, 0.15) is 5.69 Å². The Balaban J connectivity index is 1.91. The van der Waals surface area contributed by atoms with Crippen LogP contribution in [0.2, 0.25) is 0 Å². The van der Waals surface area contributed by atoms with E-state index >= 15 is 0 Å². The number of hydrogen-bond acceptors (Lipinski definition) is 6. The number of nitro groups is 1. The van der Waals surface area contributed by atoms with Crippen molar-refractivity contribution in [2.75, 3.05) is 31.6 Å². The third kappa shape index (κ3) is 2.84. The number of aromatic nitrogens is 1. The minimum Gasteiger partial charge on any atom is -0.369 e. The largest absolute Gasteiger partial charge is 0.369 e. The van der Waals surface area contributed by atoms with E-state index in [9.17, 15) is 10.1 Å². The van der Waals surface area contributed by atoms with Gasteiger partial charge in [-0.15, -0.1) is 11.3 Å². The lowest BCUT2D eigenvalue weighted by Gasteiger charge is -2.28. The Bertz CT molecular complexity index is 651. The van der Waals surface area contributed by atoms with Crippen molar-refractivity contribution in [3.63, 3.8) is 0 Å². The third-order valence-corrected chi connectivity index (χ3v) is 4.77. The normalized spacial score (nSPS) is 18.8. The van der Waals surface area contributed by atoms with Gasteiger partial charge in [0.05, 0.1) is 15.1 Å². The summed E-state index contributed by atoms with van der Waals surface area (Å²) in [6.45, 7) is 2.88. The van der Waals surface area contributed by atoms with Crippen molar-refractivity contribution in [1.82, 2.24) is 10.3 Å². The van der Waals surface area contributed by atoms with Gasteiger partial charge in [0, 0.05) is 13.6 Å². The average molecular weight is 306 g/mol. The van der Waals surface area contributed by atoms with Gasteiger partial charge in [-0.2, -0.15) is 0 Å². The Morgan fingerprint density at radius 3 is 3.14 bits per heavy atom. The predicted molar refractivity (Wildman–Crippen MR) is 85.1 cm³/mol. The molecule has 112 valence electrons. The molecule has 3 rings (SSSR count). The van der Waals surface area contributed by atoms with Crippen LogP contribution in [0.1, 0.15) is 12.8 Å². The molecule has 1 aliphatic rings. The summed E-state index contributed by atoms with van der Waals surface area (Å²) in [6, 6.07) is 3.76. The van der Waals surface area contributed by atoms with Crippen molar-refractivity contribution in [1.29, 1.82) is 0 Å². The smallest absolute Gasteiger partial charge is 0.319 e. The summed E-state index contributed by atoms with van der Waals surface area (Å²) in [7, 11) is 1.93. The maximum Gasteiger partial charge on any atom is 0.319 e. The molecule has 2 heterocycles. The molecule has 1 aromatic heterocycles. The molecule has 1 fully saturated rings. The first-order valence-electron chi connectivity index (χ1n) is 7.09. The van der Waals surface area contributed by atoms with Crippen molar-refractivity contribution >= 4 is 32.9 Å². The van der Waals surface area contributed by atoms with Gasteiger partial charge in [-0.3, -0.25) is 10.1 Å². The van der Waals surface area contributed by atoms with Gasteiger partial charge < -0.3 is 10.2 Å². The summed E-state index contributed by atoms with van der Waals surface area (Å²) >= 11 is 1.43. The van der Waals surface area contributed by atoms with Gasteiger partial charge in [-0.1, -0.05) is 0 Å². The fourth-order valence-corrected chi connectivity index (χ4v) is 3.64. The van der Waals surface area contributed by atoms with E-state index in [0.717, 1.165) is 24.3 Å². The molecule has 2 aromatic rings. The van der Waals surface area contributed by atoms with Crippen LogP contribution in [0.3, 0.4) is 0 Å². The number of nitrogens with one attached hydrogen (secondary N) is 1. The molecule has 1 atom stereocenters. The van der Waals surface area contributed by atoms with Gasteiger partial charge in [0.25, 0.3) is 0 Å². The van der Waals surface area contributed by atoms with Crippen LogP contribution in [0.5, 0.6) is 0 Å². The van der Waals surface area contributed by atoms with Crippen molar-refractivity contribution in [2.24, 2.45) is 5.92 Å². The second-order valence-electron chi connectivity index (χ2n) is 5.48. The zero-order valence-corrected chi connectivity index (χ0v) is 12.7. The number of anilines is 1. The molecule has 21 heavy (non-hydrogen) atoms. The van der Waals surface area contributed by atoms with Crippen LogP contribution in [0.4, 0.5) is 11.4 Å². The SMILES string of the molecule is CN(CC1CCCNC1)c1ccc2scnc2c1[N+](=O)[O-]. The zero-order chi connectivity index (χ0) is 14.8. The molecule has 1 saturated heterocycles. The molecular formula is C14H18N4O2S. The van der Waals surface area contributed by atoms with E-state index in [2.05, 4.69) is 10.3 Å². The Labute approximate surface area is 126 Å². The molecule has 0 spiro atoms. The second-order valence-corrected chi connectivity index (χ2v) is 6.37. The molecule has 0 bridgehead atoms. The summed E-state index contributed by atoms with van der Waals surface area (Å²) in [5, 5.41) is 14.8. The van der Waals surface area contributed by atoms with E-state index in [1.165, 1.54) is 24.2 Å². The maximum atomic E-state index is 11.5. The van der Waals surface area contributed by atoms with Crippen molar-refractivity contribution in [3.05, 3.63) is 27.8 Å². The summed E-state index contributed by atoms with van der Waals surface area (Å²) < 4.78 is 0.859. The number of nitro benzene ring substituents is 1. The van der Waals surface area contributed by atoms with Gasteiger partial charge >= 0.3 is 5.69 Å². The average Bonchev–Trinajstić information content (AvgIpc) is 2.95. The fourth-order valence-electron chi connectivity index (χ4n) is 2.96. The van der Waals surface area contributed by atoms with Crippen LogP contribution >= 0.6 is 11.3 Å². The van der Waals surface area contributed by atoms with Crippen LogP contribution in [0.15, 0.2) is 17.6 Å². The molecule has 0 radical (unpaired) electrons. The molecule has 1 N–H and O–H groups in total. The summed E-state index contributed by atoms with van der Waals surface area (Å²) in [5.74, 6) is 0.537. The number of thiazole rings is 1. The van der Waals surface area contributed by atoms with Crippen LogP contribution in [0.25, 0.3) is 10.2 Å². The van der Waals surface area contributed by atoms with E-state index in [1.54, 1.807) is 5.51 Å². The predicted octanol–water partition coefficient (Wildman–Crippen LogP) is 2.64. The number of nitrogens with zero attached hydrogens (tertiary/aromatic N) is 3. The minimum absolute atomic E-state index is 0.125. The van der Waals surface area contributed by atoms with Crippen LogP contribution in [0, 0.1) is 16.0 Å². The van der Waals surface area contributed by atoms with E-state index in [4.69, 9.17) is 0 Å². The maximum absolute atomic E-state index is 11.5. The molecule has 0 aliphatic carbocycles. The van der Waals surface area contributed by atoms with Crippen LogP contribution in [-0.2, 0) is 0 Å². The van der Waals surface area contributed by atoms with Gasteiger partial charge in [-0.05, 0) is 44.0 Å². The number of rotatable bonds is 4. The van der Waals surface area contributed by atoms with Crippen LogP contribution in [-0.4, -0.2) is 36.6 Å². The summed E-state index contributed by atoms with van der Waals surface area (Å²) in [6.07, 6.45) is 2.34. The van der Waals surface area contributed by atoms with Gasteiger partial charge in [0.2, 0.25) is 0 Å². The number of benzene rings is 1. The topological polar surface area (TPSA) is 71.3 Å². The standard InChI is InChI=1S/C14H18N4O2S/c1-17(8-10-3-2-6-15-7-10)11-4-5-12-13(16-9-21-12)14(11)18(19)20/h4-5,9-10,15H,2-3,6-8H2,1H3. The quantitative estimate of drug-likeness (QED) is 0.694. The summed E-state index contributed by atoms with van der Waals surface area (Å²) in [4.78, 5) is 17.3. The summed E-state index contributed by atoms with van der Waals surface area (Å²) in [5.41, 5.74) is 2.94. The molecule has 0 amide bonds. The van der Waals surface area contributed by atoms with Crippen molar-refractivity contribution in [2.45, 2.75) is 12.8 Å². The van der Waals surface area contributed by atoms with E-state index in [-0.39, 0.29) is 10.6 Å². The highest BCUT2D eigenvalue weighted by Gasteiger charge is 2.24. The van der Waals surface area contributed by atoms with Gasteiger partial charge in [0.15, 0.2) is 5.52 Å². The molecule has 6 nitrogen and oxygen atoms in total. The highest BCUT2D eigenvalue weighted by atomic mass is 32.1. The number of piperidine rings is 1.